The maximum absolute atomic E-state index is 5.21. The lowest BCUT2D eigenvalue weighted by Crippen LogP contribution is -2.47. The first-order valence-corrected chi connectivity index (χ1v) is 12.4. The summed E-state index contributed by atoms with van der Waals surface area (Å²) in [6.45, 7) is 11.0. The summed E-state index contributed by atoms with van der Waals surface area (Å²) in [5.74, 6) is 0.935. The molecule has 0 aliphatic rings. The van der Waals surface area contributed by atoms with Gasteiger partial charge in [-0.3, -0.25) is 0 Å². The van der Waals surface area contributed by atoms with Crippen molar-refractivity contribution >= 4 is 30.3 Å². The summed E-state index contributed by atoms with van der Waals surface area (Å²) in [7, 11) is -0.794. The molecular weight excluding hydrogens is 397 g/mol. The Labute approximate surface area is 189 Å². The average Bonchev–Trinajstić information content (AvgIpc) is 2.78. The lowest BCUT2D eigenvalue weighted by Gasteiger charge is -2.38. The largest absolute Gasteiger partial charge is 0.354 e. The summed E-state index contributed by atoms with van der Waals surface area (Å²) in [6, 6.07) is 30.6. The first-order valence-electron chi connectivity index (χ1n) is 11.1. The Morgan fingerprint density at radius 3 is 1.81 bits per heavy atom. The molecule has 1 N–H and O–H groups in total. The Morgan fingerprint density at radius 2 is 1.32 bits per heavy atom. The predicted molar refractivity (Wildman–Crippen MR) is 137 cm³/mol. The summed E-state index contributed by atoms with van der Waals surface area (Å²) in [5, 5.41) is 6.31. The molecule has 3 aromatic carbocycles. The number of para-hydroxylation sites is 1. The average molecular weight is 432 g/mol. The highest BCUT2D eigenvalue weighted by atomic mass is 31.1. The van der Waals surface area contributed by atoms with Gasteiger partial charge in [-0.2, -0.15) is 0 Å². The van der Waals surface area contributed by atoms with E-state index in [1.807, 2.05) is 0 Å². The second-order valence-corrected chi connectivity index (χ2v) is 10.2. The van der Waals surface area contributed by atoms with Crippen molar-refractivity contribution < 1.29 is 0 Å². The van der Waals surface area contributed by atoms with Gasteiger partial charge in [-0.25, -0.2) is 4.99 Å². The van der Waals surface area contributed by atoms with Crippen LogP contribution < -0.4 is 15.9 Å². The Hall–Kier alpha value is -2.64. The van der Waals surface area contributed by atoms with E-state index >= 15 is 0 Å². The van der Waals surface area contributed by atoms with Crippen molar-refractivity contribution in [3.05, 3.63) is 90.5 Å². The van der Waals surface area contributed by atoms with E-state index in [1.54, 1.807) is 0 Å². The van der Waals surface area contributed by atoms with Crippen LogP contribution in [0.4, 0.5) is 5.69 Å². The van der Waals surface area contributed by atoms with Gasteiger partial charge in [-0.05, 0) is 45.7 Å². The molecule has 0 aliphatic heterocycles. The Morgan fingerprint density at radius 1 is 0.806 bits per heavy atom. The van der Waals surface area contributed by atoms with Crippen molar-refractivity contribution in [1.82, 2.24) is 9.99 Å². The molecule has 0 saturated carbocycles. The zero-order chi connectivity index (χ0) is 22.2. The number of hydrogen-bond donors (Lipinski definition) is 1. The number of nitrogens with zero attached hydrogens (tertiary/aromatic N) is 2. The fourth-order valence-electron chi connectivity index (χ4n) is 3.55. The van der Waals surface area contributed by atoms with Crippen LogP contribution in [0, 0.1) is 0 Å². The van der Waals surface area contributed by atoms with E-state index in [9.17, 15) is 0 Å². The van der Waals surface area contributed by atoms with E-state index in [0.29, 0.717) is 0 Å². The van der Waals surface area contributed by atoms with Gasteiger partial charge in [0.1, 0.15) is 0 Å². The normalized spacial score (nSPS) is 11.9. The van der Waals surface area contributed by atoms with Crippen LogP contribution >= 0.6 is 8.07 Å². The van der Waals surface area contributed by atoms with Gasteiger partial charge >= 0.3 is 0 Å². The molecule has 3 aromatic rings. The van der Waals surface area contributed by atoms with Crippen LogP contribution in [0.5, 0.6) is 0 Å². The molecule has 0 unspecified atom stereocenters. The molecule has 162 valence electrons. The molecule has 4 heteroatoms. The van der Waals surface area contributed by atoms with Gasteiger partial charge in [0, 0.05) is 22.7 Å². The monoisotopic (exact) mass is 431 g/mol. The molecular formula is C27H34N3P. The number of aryl methyl sites for hydroxylation is 1. The number of benzene rings is 3. The van der Waals surface area contributed by atoms with Gasteiger partial charge in [-0.1, -0.05) is 85.8 Å². The maximum Gasteiger partial charge on any atom is 0.203 e. The van der Waals surface area contributed by atoms with E-state index in [2.05, 4.69) is 130 Å². The van der Waals surface area contributed by atoms with Crippen molar-refractivity contribution in [2.24, 2.45) is 4.99 Å². The van der Waals surface area contributed by atoms with Gasteiger partial charge in [0.25, 0.3) is 0 Å². The van der Waals surface area contributed by atoms with Gasteiger partial charge < -0.3 is 9.99 Å². The standard InChI is InChI=1S/C27H34N3P/c1-6-23-15-13-14-20-26(23)29-27(28-21(2)3)30(22(4)5)31(24-16-9-7-10-17-24)25-18-11-8-12-19-25/h7-22H,6H2,1-5H3,(H,28,29). The van der Waals surface area contributed by atoms with Crippen LogP contribution in [-0.2, 0) is 6.42 Å². The molecule has 0 saturated heterocycles. The zero-order valence-electron chi connectivity index (χ0n) is 19.3. The van der Waals surface area contributed by atoms with E-state index in [0.717, 1.165) is 18.1 Å². The van der Waals surface area contributed by atoms with Crippen LogP contribution in [0.3, 0.4) is 0 Å². The maximum atomic E-state index is 5.21. The lowest BCUT2D eigenvalue weighted by atomic mass is 10.1. The summed E-state index contributed by atoms with van der Waals surface area (Å²) >= 11 is 0. The lowest BCUT2D eigenvalue weighted by molar-refractivity contribution is 0.511. The number of rotatable bonds is 7. The van der Waals surface area contributed by atoms with E-state index in [1.165, 1.54) is 16.2 Å². The van der Waals surface area contributed by atoms with Crippen molar-refractivity contribution in [2.75, 3.05) is 0 Å². The van der Waals surface area contributed by atoms with Gasteiger partial charge in [0.15, 0.2) is 0 Å². The summed E-state index contributed by atoms with van der Waals surface area (Å²) < 4.78 is 2.48. The van der Waals surface area contributed by atoms with E-state index in [4.69, 9.17) is 4.99 Å². The van der Waals surface area contributed by atoms with Crippen molar-refractivity contribution in [2.45, 2.75) is 53.1 Å². The first kappa shape index (κ1) is 23.0. The smallest absolute Gasteiger partial charge is 0.203 e. The molecule has 0 fully saturated rings. The third-order valence-electron chi connectivity index (χ3n) is 4.94. The summed E-state index contributed by atoms with van der Waals surface area (Å²) in [4.78, 5) is 5.21. The van der Waals surface area contributed by atoms with Crippen LogP contribution in [-0.4, -0.2) is 22.7 Å². The number of nitrogens with one attached hydrogen (secondary N) is 1. The van der Waals surface area contributed by atoms with Crippen LogP contribution in [0.1, 0.15) is 40.2 Å². The molecule has 0 spiro atoms. The molecule has 0 bridgehead atoms. The Balaban J connectivity index is 2.19. The van der Waals surface area contributed by atoms with Crippen LogP contribution in [0.15, 0.2) is 89.9 Å². The molecule has 0 aliphatic carbocycles. The summed E-state index contributed by atoms with van der Waals surface area (Å²) in [5.41, 5.74) is 2.30. The number of aliphatic imine (C=N–C) groups is 1. The quantitative estimate of drug-likeness (QED) is 0.283. The molecule has 3 rings (SSSR count). The SMILES string of the molecule is CCc1ccccc1/N=C(\NC(C)C)N(C(C)C)P(c1ccccc1)c1ccccc1. The second kappa shape index (κ2) is 11.1. The molecule has 31 heavy (non-hydrogen) atoms. The van der Waals surface area contributed by atoms with Gasteiger partial charge in [0.05, 0.1) is 13.8 Å². The van der Waals surface area contributed by atoms with Crippen molar-refractivity contribution in [3.63, 3.8) is 0 Å². The van der Waals surface area contributed by atoms with Crippen LogP contribution in [0.25, 0.3) is 0 Å². The predicted octanol–water partition coefficient (Wildman–Crippen LogP) is 5.99. The second-order valence-electron chi connectivity index (χ2n) is 8.14. The number of guanidine groups is 1. The third kappa shape index (κ3) is 5.95. The third-order valence-corrected chi connectivity index (χ3v) is 7.60. The van der Waals surface area contributed by atoms with Crippen molar-refractivity contribution in [3.8, 4) is 0 Å². The van der Waals surface area contributed by atoms with E-state index in [-0.39, 0.29) is 12.1 Å². The molecule has 0 heterocycles. The molecule has 0 amide bonds. The Kier molecular flexibility index (Phi) is 8.26. The highest BCUT2D eigenvalue weighted by Gasteiger charge is 2.28. The Bertz CT molecular complexity index is 929. The molecule has 0 aromatic heterocycles. The minimum Gasteiger partial charge on any atom is -0.354 e. The fraction of sp³-hybridized carbons (Fsp3) is 0.296. The molecule has 3 nitrogen and oxygen atoms in total. The fourth-order valence-corrected chi connectivity index (χ4v) is 6.01. The highest BCUT2D eigenvalue weighted by molar-refractivity contribution is 7.71. The highest BCUT2D eigenvalue weighted by Crippen LogP contribution is 2.40. The molecule has 0 atom stereocenters. The minimum absolute atomic E-state index is 0.269. The van der Waals surface area contributed by atoms with Crippen LogP contribution in [0.2, 0.25) is 0 Å². The zero-order valence-corrected chi connectivity index (χ0v) is 20.2. The minimum atomic E-state index is -0.794. The van der Waals surface area contributed by atoms with Gasteiger partial charge in [-0.15, -0.1) is 0 Å². The van der Waals surface area contributed by atoms with Crippen molar-refractivity contribution in [1.29, 1.82) is 0 Å². The van der Waals surface area contributed by atoms with E-state index < -0.39 is 8.07 Å². The van der Waals surface area contributed by atoms with Gasteiger partial charge in [0.2, 0.25) is 5.96 Å². The molecule has 0 radical (unpaired) electrons. The summed E-state index contributed by atoms with van der Waals surface area (Å²) in [6.07, 6.45) is 0.961. The topological polar surface area (TPSA) is 27.6 Å². The first-order chi connectivity index (χ1) is 15.0. The number of hydrogen-bond acceptors (Lipinski definition) is 1.